The predicted octanol–water partition coefficient (Wildman–Crippen LogP) is 5.40. The largest absolute Gasteiger partial charge is 0.534 e. The van der Waals surface area contributed by atoms with Crippen molar-refractivity contribution in [2.45, 2.75) is 38.9 Å². The fourth-order valence-electron chi connectivity index (χ4n) is 4.20. The van der Waals surface area contributed by atoms with Gasteiger partial charge in [0.15, 0.2) is 5.72 Å². The zero-order valence-corrected chi connectivity index (χ0v) is 19.6. The van der Waals surface area contributed by atoms with Gasteiger partial charge in [-0.1, -0.05) is 30.3 Å². The second kappa shape index (κ2) is 7.48. The summed E-state index contributed by atoms with van der Waals surface area (Å²) in [5.41, 5.74) is 4.31. The number of aromatic nitrogens is 3. The molecule has 1 aliphatic rings. The van der Waals surface area contributed by atoms with E-state index < -0.39 is 18.3 Å². The highest BCUT2D eigenvalue weighted by Gasteiger charge is 2.53. The lowest BCUT2D eigenvalue weighted by molar-refractivity contribution is 0.00578. The minimum Gasteiger partial charge on any atom is -0.456 e. The van der Waals surface area contributed by atoms with Crippen molar-refractivity contribution in [3.05, 3.63) is 72.9 Å². The first-order valence-electron chi connectivity index (χ1n) is 11.4. The third kappa shape index (κ3) is 3.40. The Labute approximate surface area is 198 Å². The molecule has 3 aromatic heterocycles. The SMILES string of the molecule is CC1(C)OB(c2nc(-c3ccc4c(c3)oc3ccccc34)cc(-c3ccccn3)n2)OC1(C)C. The smallest absolute Gasteiger partial charge is 0.456 e. The van der Waals surface area contributed by atoms with E-state index in [1.165, 1.54) is 0 Å². The number of furan rings is 1. The summed E-state index contributed by atoms with van der Waals surface area (Å²) in [7, 11) is -0.678. The Morgan fingerprint density at radius 3 is 2.15 bits per heavy atom. The number of para-hydroxylation sites is 1. The van der Waals surface area contributed by atoms with Gasteiger partial charge in [-0.15, -0.1) is 0 Å². The molecule has 0 N–H and O–H groups in total. The molecule has 0 aliphatic carbocycles. The highest BCUT2D eigenvalue weighted by molar-refractivity contribution is 6.60. The van der Waals surface area contributed by atoms with Gasteiger partial charge in [-0.2, -0.15) is 0 Å². The fourth-order valence-corrected chi connectivity index (χ4v) is 4.20. The first-order valence-corrected chi connectivity index (χ1v) is 11.4. The summed E-state index contributed by atoms with van der Waals surface area (Å²) in [5, 5.41) is 2.17. The maximum absolute atomic E-state index is 6.26. The number of nitrogens with zero attached hydrogens (tertiary/aromatic N) is 3. The van der Waals surface area contributed by atoms with E-state index in [2.05, 4.69) is 23.2 Å². The molecule has 0 radical (unpaired) electrons. The Kier molecular flexibility index (Phi) is 4.63. The van der Waals surface area contributed by atoms with E-state index in [4.69, 9.17) is 23.7 Å². The Morgan fingerprint density at radius 2 is 1.38 bits per heavy atom. The van der Waals surface area contributed by atoms with Crippen molar-refractivity contribution >= 4 is 34.8 Å². The lowest BCUT2D eigenvalue weighted by Crippen LogP contribution is -2.41. The number of hydrogen-bond acceptors (Lipinski definition) is 6. The summed E-state index contributed by atoms with van der Waals surface area (Å²) in [5.74, 6) is 0. The fraction of sp³-hybridized carbons (Fsp3) is 0.222. The summed E-state index contributed by atoms with van der Waals surface area (Å²) in [6.07, 6.45) is 1.76. The van der Waals surface area contributed by atoms with E-state index >= 15 is 0 Å². The van der Waals surface area contributed by atoms with Gasteiger partial charge in [0, 0.05) is 22.5 Å². The van der Waals surface area contributed by atoms with Gasteiger partial charge < -0.3 is 13.7 Å². The molecule has 4 heterocycles. The maximum atomic E-state index is 6.26. The van der Waals surface area contributed by atoms with Crippen molar-refractivity contribution in [3.8, 4) is 22.6 Å². The van der Waals surface area contributed by atoms with Crippen LogP contribution in [0.1, 0.15) is 27.7 Å². The van der Waals surface area contributed by atoms with Crippen molar-refractivity contribution < 1.29 is 13.7 Å². The molecular formula is C27H24BN3O3. The Morgan fingerprint density at radius 1 is 0.676 bits per heavy atom. The summed E-state index contributed by atoms with van der Waals surface area (Å²) in [4.78, 5) is 14.2. The quantitative estimate of drug-likeness (QED) is 0.344. The number of pyridine rings is 1. The van der Waals surface area contributed by atoms with Crippen LogP contribution >= 0.6 is 0 Å². The second-order valence-corrected chi connectivity index (χ2v) is 9.61. The van der Waals surface area contributed by atoms with Gasteiger partial charge in [0.25, 0.3) is 0 Å². The topological polar surface area (TPSA) is 70.3 Å². The number of benzene rings is 2. The molecule has 0 spiro atoms. The first-order chi connectivity index (χ1) is 16.3. The molecule has 0 atom stereocenters. The van der Waals surface area contributed by atoms with Crippen molar-refractivity contribution in [2.75, 3.05) is 0 Å². The van der Waals surface area contributed by atoms with E-state index in [1.807, 2.05) is 76.2 Å². The highest BCUT2D eigenvalue weighted by Crippen LogP contribution is 2.37. The van der Waals surface area contributed by atoms with E-state index in [0.717, 1.165) is 38.9 Å². The molecule has 2 aromatic carbocycles. The number of rotatable bonds is 3. The molecule has 1 saturated heterocycles. The van der Waals surface area contributed by atoms with Crippen LogP contribution in [0.3, 0.4) is 0 Å². The molecule has 0 bridgehead atoms. The second-order valence-electron chi connectivity index (χ2n) is 9.61. The van der Waals surface area contributed by atoms with E-state index in [-0.39, 0.29) is 0 Å². The molecule has 0 unspecified atom stereocenters. The molecular weight excluding hydrogens is 425 g/mol. The first kappa shape index (κ1) is 21.0. The zero-order chi connectivity index (χ0) is 23.5. The standard InChI is InChI=1S/C27H24BN3O3/c1-26(2)27(3,4)34-28(33-26)25-30-21(16-22(31-25)20-10-7-8-14-29-20)17-12-13-19-18-9-5-6-11-23(18)32-24(19)15-17/h5-16H,1-4H3. The van der Waals surface area contributed by atoms with Gasteiger partial charge in [0.2, 0.25) is 0 Å². The highest BCUT2D eigenvalue weighted by atomic mass is 16.7. The molecule has 168 valence electrons. The molecule has 0 amide bonds. The molecule has 6 rings (SSSR count). The van der Waals surface area contributed by atoms with Crippen LogP contribution in [0.5, 0.6) is 0 Å². The van der Waals surface area contributed by atoms with E-state index in [1.54, 1.807) is 6.20 Å². The van der Waals surface area contributed by atoms with Gasteiger partial charge in [-0.3, -0.25) is 4.98 Å². The van der Waals surface area contributed by atoms with Crippen LogP contribution in [0.15, 0.2) is 77.3 Å². The molecule has 7 heteroatoms. The van der Waals surface area contributed by atoms with Crippen LogP contribution in [0.2, 0.25) is 0 Å². The maximum Gasteiger partial charge on any atom is 0.534 e. The number of fused-ring (bicyclic) bond motifs is 3. The van der Waals surface area contributed by atoms with Crippen molar-refractivity contribution in [1.29, 1.82) is 0 Å². The van der Waals surface area contributed by atoms with Crippen molar-refractivity contribution in [2.24, 2.45) is 0 Å². The van der Waals surface area contributed by atoms with Gasteiger partial charge in [0.05, 0.1) is 28.3 Å². The minimum atomic E-state index is -0.678. The molecule has 5 aromatic rings. The Balaban J connectivity index is 1.50. The van der Waals surface area contributed by atoms with E-state index in [9.17, 15) is 0 Å². The monoisotopic (exact) mass is 449 g/mol. The van der Waals surface area contributed by atoms with Gasteiger partial charge in [-0.25, -0.2) is 9.97 Å². The third-order valence-corrected chi connectivity index (χ3v) is 6.81. The van der Waals surface area contributed by atoms with Gasteiger partial charge in [-0.05, 0) is 64.1 Å². The normalized spacial score (nSPS) is 17.0. The molecule has 1 fully saturated rings. The summed E-state index contributed by atoms with van der Waals surface area (Å²) in [6.45, 7) is 8.08. The Bertz CT molecular complexity index is 1510. The predicted molar refractivity (Wildman–Crippen MR) is 134 cm³/mol. The average molecular weight is 449 g/mol. The lowest BCUT2D eigenvalue weighted by atomic mass is 9.88. The summed E-state index contributed by atoms with van der Waals surface area (Å²) >= 11 is 0. The van der Waals surface area contributed by atoms with Crippen molar-refractivity contribution in [3.63, 3.8) is 0 Å². The van der Waals surface area contributed by atoms with E-state index in [0.29, 0.717) is 11.4 Å². The van der Waals surface area contributed by atoms with Crippen LogP contribution in [0.25, 0.3) is 44.6 Å². The molecule has 1 aliphatic heterocycles. The average Bonchev–Trinajstić information content (AvgIpc) is 3.31. The van der Waals surface area contributed by atoms with Crippen molar-refractivity contribution in [1.82, 2.24) is 15.0 Å². The summed E-state index contributed by atoms with van der Waals surface area (Å²) in [6, 6.07) is 21.9. The third-order valence-electron chi connectivity index (χ3n) is 6.81. The van der Waals surface area contributed by atoms with Crippen LogP contribution in [0.4, 0.5) is 0 Å². The van der Waals surface area contributed by atoms with Crippen LogP contribution in [-0.2, 0) is 9.31 Å². The summed E-state index contributed by atoms with van der Waals surface area (Å²) < 4.78 is 18.6. The minimum absolute atomic E-state index is 0.474. The van der Waals surface area contributed by atoms with Crippen LogP contribution in [0, 0.1) is 0 Å². The van der Waals surface area contributed by atoms with Crippen LogP contribution < -0.4 is 5.72 Å². The molecule has 0 saturated carbocycles. The van der Waals surface area contributed by atoms with Gasteiger partial charge in [0.1, 0.15) is 11.2 Å². The zero-order valence-electron chi connectivity index (χ0n) is 19.6. The lowest BCUT2D eigenvalue weighted by Gasteiger charge is -2.32. The number of hydrogen-bond donors (Lipinski definition) is 0. The van der Waals surface area contributed by atoms with Gasteiger partial charge >= 0.3 is 7.12 Å². The molecule has 6 nitrogen and oxygen atoms in total. The molecule has 34 heavy (non-hydrogen) atoms. The Hall–Kier alpha value is -3.55. The van der Waals surface area contributed by atoms with Crippen LogP contribution in [-0.4, -0.2) is 33.3 Å².